The van der Waals surface area contributed by atoms with E-state index >= 15 is 0 Å². The third kappa shape index (κ3) is 4.86. The van der Waals surface area contributed by atoms with E-state index in [4.69, 9.17) is 9.98 Å². The average Bonchev–Trinajstić information content (AvgIpc) is 3.75. The molecule has 0 spiro atoms. The van der Waals surface area contributed by atoms with E-state index in [0.29, 0.717) is 0 Å². The van der Waals surface area contributed by atoms with Crippen LogP contribution in [0.15, 0.2) is 186 Å². The topological polar surface area (TPSA) is 70.7 Å². The zero-order valence-electron chi connectivity index (χ0n) is 29.3. The van der Waals surface area contributed by atoms with Crippen molar-refractivity contribution < 1.29 is 0 Å². The molecule has 54 heavy (non-hydrogen) atoms. The maximum Gasteiger partial charge on any atom is 0.200 e. The van der Waals surface area contributed by atoms with Gasteiger partial charge in [0.25, 0.3) is 0 Å². The van der Waals surface area contributed by atoms with E-state index in [1.165, 1.54) is 43.4 Å². The molecule has 9 aromatic rings. The Hall–Kier alpha value is -6.96. The number of aromatic nitrogens is 2. The Kier molecular flexibility index (Phi) is 7.00. The van der Waals surface area contributed by atoms with Crippen LogP contribution >= 0.6 is 0 Å². The van der Waals surface area contributed by atoms with Crippen LogP contribution in [0, 0.1) is 0 Å². The first kappa shape index (κ1) is 30.6. The fourth-order valence-corrected chi connectivity index (χ4v) is 8.44. The second-order valence-corrected chi connectivity index (χ2v) is 14.0. The Labute approximate surface area is 311 Å². The maximum absolute atomic E-state index is 5.27. The van der Waals surface area contributed by atoms with E-state index in [-0.39, 0.29) is 12.3 Å². The van der Waals surface area contributed by atoms with Gasteiger partial charge in [0.1, 0.15) is 18.2 Å². The second-order valence-electron chi connectivity index (χ2n) is 14.0. The average molecular weight is 698 g/mol. The van der Waals surface area contributed by atoms with Gasteiger partial charge in [-0.2, -0.15) is 0 Å². The lowest BCUT2D eigenvalue weighted by molar-refractivity contribution is 0.406. The number of aliphatic imine (C=N–C) groups is 2. The van der Waals surface area contributed by atoms with Crippen molar-refractivity contribution in [2.45, 2.75) is 18.6 Å². The van der Waals surface area contributed by atoms with E-state index in [1.807, 2.05) is 18.4 Å². The lowest BCUT2D eigenvalue weighted by Crippen LogP contribution is -2.48. The minimum absolute atomic E-state index is 0.185. The summed E-state index contributed by atoms with van der Waals surface area (Å²) in [6, 6.07) is 58.1. The largest absolute Gasteiger partial charge is 0.349 e. The van der Waals surface area contributed by atoms with Crippen molar-refractivity contribution in [1.82, 2.24) is 25.1 Å². The Morgan fingerprint density at radius 2 is 1.19 bits per heavy atom. The van der Waals surface area contributed by atoms with E-state index in [9.17, 15) is 0 Å². The van der Waals surface area contributed by atoms with Crippen LogP contribution in [0.1, 0.15) is 29.7 Å². The Morgan fingerprint density at radius 1 is 0.519 bits per heavy atom. The molecule has 7 nitrogen and oxygen atoms in total. The van der Waals surface area contributed by atoms with Crippen molar-refractivity contribution in [2.75, 3.05) is 0 Å². The standard InChI is InChI=1S/C47H35N7/c1-3-15-31(16-4-1)44-50-45(36-23-13-17-30-14-7-8-20-33(30)36)52-46(51-44)39-26-27-48-47(49-39)54-41-25-12-10-22-35(41)38-28-37-34-21-9-11-24-40(34)53(42(37)29-43(38)54)32-18-5-2-6-19-32/h1-29,44-45,47,49-50H,(H,51,52). The quantitative estimate of drug-likeness (QED) is 0.168. The SMILES string of the molecule is C1=NC(n2c3ccccc3c3cc4c5ccccc5n(-c5ccccc5)c4cc32)NC(C2=NC(c3ccccc3)NC(c3cccc4ccccc34)N2)=C1. The van der Waals surface area contributed by atoms with Crippen molar-refractivity contribution >= 4 is 66.4 Å². The molecule has 3 atom stereocenters. The van der Waals surface area contributed by atoms with Gasteiger partial charge in [0, 0.05) is 33.4 Å². The summed E-state index contributed by atoms with van der Waals surface area (Å²) in [5, 5.41) is 18.6. The Bertz CT molecular complexity index is 2980. The molecule has 0 saturated carbocycles. The van der Waals surface area contributed by atoms with Crippen molar-refractivity contribution in [3.05, 3.63) is 187 Å². The first-order chi connectivity index (χ1) is 26.8. The molecule has 7 heteroatoms. The van der Waals surface area contributed by atoms with Crippen molar-refractivity contribution in [3.63, 3.8) is 0 Å². The first-order valence-corrected chi connectivity index (χ1v) is 18.4. The molecule has 2 aromatic heterocycles. The number of rotatable bonds is 5. The molecule has 4 heterocycles. The minimum Gasteiger partial charge on any atom is -0.349 e. The summed E-state index contributed by atoms with van der Waals surface area (Å²) in [6.07, 6.45) is 3.08. The Balaban J connectivity index is 1.05. The number of fused-ring (bicyclic) bond motifs is 7. The number of para-hydroxylation sites is 3. The number of nitrogens with one attached hydrogen (secondary N) is 3. The molecule has 7 aromatic carbocycles. The van der Waals surface area contributed by atoms with E-state index in [1.54, 1.807) is 0 Å². The third-order valence-electron chi connectivity index (χ3n) is 10.9. The molecule has 3 N–H and O–H groups in total. The predicted octanol–water partition coefficient (Wildman–Crippen LogP) is 10.0. The molecule has 0 saturated heterocycles. The summed E-state index contributed by atoms with van der Waals surface area (Å²) < 4.78 is 4.71. The van der Waals surface area contributed by atoms with Crippen LogP contribution in [-0.4, -0.2) is 21.2 Å². The number of allylic oxidation sites excluding steroid dienone is 1. The fourth-order valence-electron chi connectivity index (χ4n) is 8.44. The molecule has 0 bridgehead atoms. The molecule has 0 radical (unpaired) electrons. The van der Waals surface area contributed by atoms with Gasteiger partial charge in [0.2, 0.25) is 6.29 Å². The van der Waals surface area contributed by atoms with Crippen LogP contribution < -0.4 is 16.0 Å². The van der Waals surface area contributed by atoms with Crippen LogP contribution in [0.3, 0.4) is 0 Å². The van der Waals surface area contributed by atoms with E-state index in [0.717, 1.165) is 39.3 Å². The predicted molar refractivity (Wildman–Crippen MR) is 222 cm³/mol. The summed E-state index contributed by atoms with van der Waals surface area (Å²) in [4.78, 5) is 10.3. The number of nitrogens with zero attached hydrogens (tertiary/aromatic N) is 4. The molecule has 0 amide bonds. The zero-order chi connectivity index (χ0) is 35.6. The van der Waals surface area contributed by atoms with Crippen molar-refractivity contribution in [2.24, 2.45) is 9.98 Å². The number of benzene rings is 7. The van der Waals surface area contributed by atoms with Crippen LogP contribution in [0.25, 0.3) is 60.1 Å². The lowest BCUT2D eigenvalue weighted by Gasteiger charge is -2.34. The molecule has 11 rings (SSSR count). The molecule has 2 aliphatic rings. The van der Waals surface area contributed by atoms with Gasteiger partial charge in [0.05, 0.1) is 27.8 Å². The number of hydrogen-bond donors (Lipinski definition) is 3. The lowest BCUT2D eigenvalue weighted by atomic mass is 10.0. The van der Waals surface area contributed by atoms with Gasteiger partial charge in [-0.05, 0) is 64.4 Å². The van der Waals surface area contributed by atoms with Gasteiger partial charge in [-0.3, -0.25) is 5.32 Å². The van der Waals surface area contributed by atoms with Crippen molar-refractivity contribution in [1.29, 1.82) is 0 Å². The maximum atomic E-state index is 5.27. The molecular formula is C47H35N7. The van der Waals surface area contributed by atoms with E-state index in [2.05, 4.69) is 183 Å². The highest BCUT2D eigenvalue weighted by Crippen LogP contribution is 2.40. The van der Waals surface area contributed by atoms with Crippen LogP contribution in [-0.2, 0) is 0 Å². The highest BCUT2D eigenvalue weighted by atomic mass is 15.3. The minimum atomic E-state index is -0.412. The molecular weight excluding hydrogens is 663 g/mol. The van der Waals surface area contributed by atoms with Crippen LogP contribution in [0.2, 0.25) is 0 Å². The number of amidine groups is 1. The highest BCUT2D eigenvalue weighted by molar-refractivity contribution is 6.18. The molecule has 258 valence electrons. The number of hydrogen-bond acceptors (Lipinski definition) is 5. The van der Waals surface area contributed by atoms with Gasteiger partial charge in [-0.15, -0.1) is 0 Å². The van der Waals surface area contributed by atoms with Gasteiger partial charge in [0.15, 0.2) is 0 Å². The summed E-state index contributed by atoms with van der Waals surface area (Å²) in [7, 11) is 0. The molecule has 3 unspecified atom stereocenters. The van der Waals surface area contributed by atoms with Crippen LogP contribution in [0.5, 0.6) is 0 Å². The summed E-state index contributed by atoms with van der Waals surface area (Å²) in [5.74, 6) is 0.782. The van der Waals surface area contributed by atoms with Gasteiger partial charge in [-0.25, -0.2) is 9.98 Å². The normalized spacial score (nSPS) is 18.6. The summed E-state index contributed by atoms with van der Waals surface area (Å²) in [6.45, 7) is 0. The van der Waals surface area contributed by atoms with Gasteiger partial charge in [-0.1, -0.05) is 127 Å². The first-order valence-electron chi connectivity index (χ1n) is 18.4. The molecule has 2 aliphatic heterocycles. The summed E-state index contributed by atoms with van der Waals surface area (Å²) in [5.41, 5.74) is 8.85. The monoisotopic (exact) mass is 697 g/mol. The van der Waals surface area contributed by atoms with Crippen LogP contribution in [0.4, 0.5) is 0 Å². The molecule has 0 fully saturated rings. The van der Waals surface area contributed by atoms with Gasteiger partial charge < -0.3 is 19.8 Å². The third-order valence-corrected chi connectivity index (χ3v) is 10.9. The van der Waals surface area contributed by atoms with E-state index < -0.39 is 6.29 Å². The smallest absolute Gasteiger partial charge is 0.200 e. The van der Waals surface area contributed by atoms with Crippen molar-refractivity contribution in [3.8, 4) is 5.69 Å². The highest BCUT2D eigenvalue weighted by Gasteiger charge is 2.30. The molecule has 0 aliphatic carbocycles. The van der Waals surface area contributed by atoms with Gasteiger partial charge >= 0.3 is 0 Å². The Morgan fingerprint density at radius 3 is 2.02 bits per heavy atom. The zero-order valence-corrected chi connectivity index (χ0v) is 29.3. The fraction of sp³-hybridized carbons (Fsp3) is 0.0638. The summed E-state index contributed by atoms with van der Waals surface area (Å²) >= 11 is 0. The second kappa shape index (κ2) is 12.3.